The summed E-state index contributed by atoms with van der Waals surface area (Å²) < 4.78 is 26.2. The molecule has 0 unspecified atom stereocenters. The van der Waals surface area contributed by atoms with Gasteiger partial charge in [-0.2, -0.15) is 0 Å². The van der Waals surface area contributed by atoms with E-state index in [9.17, 15) is 8.42 Å². The summed E-state index contributed by atoms with van der Waals surface area (Å²) in [6.07, 6.45) is 6.83. The molecule has 20 heavy (non-hydrogen) atoms. The summed E-state index contributed by atoms with van der Waals surface area (Å²) in [4.78, 5) is 6.61. The normalized spacial score (nSPS) is 16.1. The molecule has 0 aliphatic carbocycles. The van der Waals surface area contributed by atoms with Crippen molar-refractivity contribution in [3.63, 3.8) is 0 Å². The van der Waals surface area contributed by atoms with Crippen molar-refractivity contribution in [2.24, 2.45) is 0 Å². The van der Waals surface area contributed by atoms with Gasteiger partial charge in [0, 0.05) is 13.1 Å². The van der Waals surface area contributed by atoms with Crippen LogP contribution in [-0.4, -0.2) is 32.2 Å². The van der Waals surface area contributed by atoms with Crippen molar-refractivity contribution in [1.82, 2.24) is 4.98 Å². The van der Waals surface area contributed by atoms with Crippen LogP contribution in [0.25, 0.3) is 0 Å². The molecule has 1 saturated heterocycles. The van der Waals surface area contributed by atoms with Crippen LogP contribution in [0.1, 0.15) is 39.0 Å². The fraction of sp³-hybridized carbons (Fsp3) is 0.643. The van der Waals surface area contributed by atoms with Gasteiger partial charge >= 0.3 is 0 Å². The molecule has 0 amide bonds. The molecule has 1 aromatic heterocycles. The highest BCUT2D eigenvalue weighted by atomic mass is 32.2. The molecule has 0 saturated carbocycles. The molecule has 5 nitrogen and oxygen atoms in total. The van der Waals surface area contributed by atoms with Gasteiger partial charge < -0.3 is 4.90 Å². The highest BCUT2D eigenvalue weighted by molar-refractivity contribution is 7.92. The standard InChI is InChI=1S/C14H23N3O2S/c1-2-3-11-20(18,19)16-13-7-8-14(15-12-13)17-9-5-4-6-10-17/h7-8,12,16H,2-6,9-11H2,1H3. The summed E-state index contributed by atoms with van der Waals surface area (Å²) in [6, 6.07) is 3.68. The molecule has 0 atom stereocenters. The molecular formula is C14H23N3O2S. The van der Waals surface area contributed by atoms with Gasteiger partial charge in [0.2, 0.25) is 10.0 Å². The van der Waals surface area contributed by atoms with Crippen LogP contribution in [0.2, 0.25) is 0 Å². The average molecular weight is 297 g/mol. The van der Waals surface area contributed by atoms with Gasteiger partial charge in [0.25, 0.3) is 0 Å². The Morgan fingerprint density at radius 1 is 1.25 bits per heavy atom. The third-order valence-corrected chi connectivity index (χ3v) is 4.84. The van der Waals surface area contributed by atoms with Crippen LogP contribution in [0.4, 0.5) is 11.5 Å². The van der Waals surface area contributed by atoms with Gasteiger partial charge in [-0.05, 0) is 37.8 Å². The van der Waals surface area contributed by atoms with E-state index in [-0.39, 0.29) is 5.75 Å². The number of unbranched alkanes of at least 4 members (excludes halogenated alkanes) is 1. The molecular weight excluding hydrogens is 274 g/mol. The zero-order valence-electron chi connectivity index (χ0n) is 12.0. The zero-order chi connectivity index (χ0) is 14.4. The number of nitrogens with zero attached hydrogens (tertiary/aromatic N) is 2. The minimum absolute atomic E-state index is 0.164. The number of rotatable bonds is 6. The van der Waals surface area contributed by atoms with Gasteiger partial charge in [0.15, 0.2) is 0 Å². The molecule has 0 spiro atoms. The molecule has 1 aliphatic rings. The van der Waals surface area contributed by atoms with Crippen LogP contribution in [0.5, 0.6) is 0 Å². The van der Waals surface area contributed by atoms with E-state index in [4.69, 9.17) is 0 Å². The van der Waals surface area contributed by atoms with Gasteiger partial charge in [0.05, 0.1) is 17.6 Å². The molecule has 2 rings (SSSR count). The van der Waals surface area contributed by atoms with Crippen molar-refractivity contribution in [3.8, 4) is 0 Å². The molecule has 1 N–H and O–H groups in total. The van der Waals surface area contributed by atoms with Crippen molar-refractivity contribution in [2.75, 3.05) is 28.5 Å². The number of nitrogens with one attached hydrogen (secondary N) is 1. The van der Waals surface area contributed by atoms with Crippen molar-refractivity contribution < 1.29 is 8.42 Å². The maximum atomic E-state index is 11.8. The molecule has 2 heterocycles. The van der Waals surface area contributed by atoms with Crippen LogP contribution in [0.15, 0.2) is 18.3 Å². The Morgan fingerprint density at radius 2 is 2.00 bits per heavy atom. The quantitative estimate of drug-likeness (QED) is 0.876. The Kier molecular flexibility index (Phi) is 5.23. The van der Waals surface area contributed by atoms with E-state index in [1.807, 2.05) is 13.0 Å². The van der Waals surface area contributed by atoms with E-state index < -0.39 is 10.0 Å². The molecule has 112 valence electrons. The lowest BCUT2D eigenvalue weighted by atomic mass is 10.1. The summed E-state index contributed by atoms with van der Waals surface area (Å²) in [5.41, 5.74) is 0.543. The van der Waals surface area contributed by atoms with Crippen molar-refractivity contribution in [2.45, 2.75) is 39.0 Å². The van der Waals surface area contributed by atoms with Gasteiger partial charge in [-0.1, -0.05) is 13.3 Å². The van der Waals surface area contributed by atoms with Crippen LogP contribution >= 0.6 is 0 Å². The topological polar surface area (TPSA) is 62.3 Å². The van der Waals surface area contributed by atoms with Crippen molar-refractivity contribution >= 4 is 21.5 Å². The number of hydrogen-bond acceptors (Lipinski definition) is 4. The lowest BCUT2D eigenvalue weighted by molar-refractivity contribution is 0.573. The first-order valence-corrected chi connectivity index (χ1v) is 8.97. The minimum atomic E-state index is -3.24. The predicted octanol–water partition coefficient (Wildman–Crippen LogP) is 2.61. The maximum absolute atomic E-state index is 11.8. The smallest absolute Gasteiger partial charge is 0.232 e. The van der Waals surface area contributed by atoms with Crippen LogP contribution < -0.4 is 9.62 Å². The zero-order valence-corrected chi connectivity index (χ0v) is 12.8. The fourth-order valence-corrected chi connectivity index (χ4v) is 3.57. The Morgan fingerprint density at radius 3 is 2.60 bits per heavy atom. The van der Waals surface area contributed by atoms with E-state index in [0.717, 1.165) is 25.3 Å². The molecule has 0 aromatic carbocycles. The SMILES string of the molecule is CCCCS(=O)(=O)Nc1ccc(N2CCCCC2)nc1. The summed E-state index contributed by atoms with van der Waals surface area (Å²) in [5.74, 6) is 1.10. The number of piperidine rings is 1. The first-order valence-electron chi connectivity index (χ1n) is 7.32. The van der Waals surface area contributed by atoms with Gasteiger partial charge in [-0.15, -0.1) is 0 Å². The molecule has 1 aliphatic heterocycles. The summed E-state index contributed by atoms with van der Waals surface area (Å²) in [5, 5.41) is 0. The second-order valence-electron chi connectivity index (χ2n) is 5.23. The second-order valence-corrected chi connectivity index (χ2v) is 7.07. The van der Waals surface area contributed by atoms with Gasteiger partial charge in [-0.3, -0.25) is 4.72 Å². The number of anilines is 2. The first-order chi connectivity index (χ1) is 9.61. The lowest BCUT2D eigenvalue weighted by Gasteiger charge is -2.27. The molecule has 6 heteroatoms. The van der Waals surface area contributed by atoms with Crippen LogP contribution in [-0.2, 0) is 10.0 Å². The molecule has 0 radical (unpaired) electrons. The third-order valence-electron chi connectivity index (χ3n) is 3.47. The van der Waals surface area contributed by atoms with Crippen molar-refractivity contribution in [1.29, 1.82) is 0 Å². The number of hydrogen-bond donors (Lipinski definition) is 1. The predicted molar refractivity (Wildman–Crippen MR) is 82.6 cm³/mol. The van der Waals surface area contributed by atoms with Crippen molar-refractivity contribution in [3.05, 3.63) is 18.3 Å². The molecule has 1 fully saturated rings. The number of pyridine rings is 1. The largest absolute Gasteiger partial charge is 0.357 e. The van der Waals surface area contributed by atoms with Crippen LogP contribution in [0.3, 0.4) is 0 Å². The monoisotopic (exact) mass is 297 g/mol. The molecule has 0 bridgehead atoms. The highest BCUT2D eigenvalue weighted by Gasteiger charge is 2.13. The molecule has 1 aromatic rings. The van der Waals surface area contributed by atoms with E-state index in [1.54, 1.807) is 12.3 Å². The van der Waals surface area contributed by atoms with E-state index >= 15 is 0 Å². The third kappa shape index (κ3) is 4.37. The first kappa shape index (κ1) is 15.1. The minimum Gasteiger partial charge on any atom is -0.357 e. The second kappa shape index (κ2) is 6.92. The van der Waals surface area contributed by atoms with E-state index in [1.165, 1.54) is 19.3 Å². The Balaban J connectivity index is 1.97. The summed E-state index contributed by atoms with van der Waals surface area (Å²) in [6.45, 7) is 4.05. The fourth-order valence-electron chi connectivity index (χ4n) is 2.32. The highest BCUT2D eigenvalue weighted by Crippen LogP contribution is 2.19. The van der Waals surface area contributed by atoms with Gasteiger partial charge in [-0.25, -0.2) is 13.4 Å². The lowest BCUT2D eigenvalue weighted by Crippen LogP contribution is -2.30. The maximum Gasteiger partial charge on any atom is 0.232 e. The summed E-state index contributed by atoms with van der Waals surface area (Å²) >= 11 is 0. The number of sulfonamides is 1. The van der Waals surface area contributed by atoms with E-state index in [2.05, 4.69) is 14.6 Å². The number of aromatic nitrogens is 1. The summed E-state index contributed by atoms with van der Waals surface area (Å²) in [7, 11) is -3.24. The Hall–Kier alpha value is -1.30. The average Bonchev–Trinajstić information content (AvgIpc) is 2.46. The Labute approximate surface area is 121 Å². The van der Waals surface area contributed by atoms with Gasteiger partial charge in [0.1, 0.15) is 5.82 Å². The van der Waals surface area contributed by atoms with Crippen LogP contribution in [0, 0.1) is 0 Å². The Bertz CT molecular complexity index is 508. The van der Waals surface area contributed by atoms with E-state index in [0.29, 0.717) is 12.1 Å².